The lowest BCUT2D eigenvalue weighted by Crippen LogP contribution is -2.45. The highest BCUT2D eigenvalue weighted by Gasteiger charge is 2.24. The molecule has 1 atom stereocenters. The number of piperidine rings is 1. The first-order chi connectivity index (χ1) is 15.0. The molecule has 31 heavy (non-hydrogen) atoms. The molecule has 8 nitrogen and oxygen atoms in total. The van der Waals surface area contributed by atoms with Gasteiger partial charge in [0.15, 0.2) is 5.96 Å². The van der Waals surface area contributed by atoms with Crippen LogP contribution in [0.2, 0.25) is 0 Å². The number of likely N-dealkylation sites (tertiary alicyclic amines) is 1. The maximum atomic E-state index is 12.4. The number of nitrogens with one attached hydrogen (secondary N) is 3. The number of guanidine groups is 1. The van der Waals surface area contributed by atoms with Crippen LogP contribution >= 0.6 is 0 Å². The minimum atomic E-state index is -3.52. The fourth-order valence-electron chi connectivity index (χ4n) is 3.70. The van der Waals surface area contributed by atoms with Crippen LogP contribution in [-0.2, 0) is 10.0 Å². The molecular weight excluding hydrogens is 414 g/mol. The van der Waals surface area contributed by atoms with Crippen molar-refractivity contribution in [1.82, 2.24) is 20.3 Å². The molecule has 1 aromatic carbocycles. The minimum Gasteiger partial charge on any atom is -0.468 e. The Bertz CT molecular complexity index is 921. The smallest absolute Gasteiger partial charge is 0.240 e. The van der Waals surface area contributed by atoms with Crippen LogP contribution in [0, 0.1) is 6.92 Å². The summed E-state index contributed by atoms with van der Waals surface area (Å²) in [4.78, 5) is 6.97. The van der Waals surface area contributed by atoms with E-state index in [2.05, 4.69) is 25.2 Å². The monoisotopic (exact) mass is 447 g/mol. The number of rotatable bonds is 9. The van der Waals surface area contributed by atoms with Crippen LogP contribution in [0.5, 0.6) is 0 Å². The van der Waals surface area contributed by atoms with Gasteiger partial charge in [0.05, 0.1) is 17.2 Å². The highest BCUT2D eigenvalue weighted by Crippen LogP contribution is 2.24. The number of nitrogens with zero attached hydrogens (tertiary/aromatic N) is 2. The van der Waals surface area contributed by atoms with E-state index < -0.39 is 10.0 Å². The Hall–Kier alpha value is -2.36. The Morgan fingerprint density at radius 1 is 1.10 bits per heavy atom. The van der Waals surface area contributed by atoms with Crippen LogP contribution in [0.1, 0.15) is 36.6 Å². The van der Waals surface area contributed by atoms with Crippen molar-refractivity contribution >= 4 is 16.0 Å². The molecule has 0 amide bonds. The Labute approximate surface area is 185 Å². The van der Waals surface area contributed by atoms with Crippen LogP contribution in [0.3, 0.4) is 0 Å². The van der Waals surface area contributed by atoms with Gasteiger partial charge in [-0.2, -0.15) is 0 Å². The van der Waals surface area contributed by atoms with Gasteiger partial charge in [0.2, 0.25) is 10.0 Å². The predicted octanol–water partition coefficient (Wildman–Crippen LogP) is 2.26. The minimum absolute atomic E-state index is 0.133. The molecule has 0 bridgehead atoms. The maximum absolute atomic E-state index is 12.4. The summed E-state index contributed by atoms with van der Waals surface area (Å²) < 4.78 is 33.1. The normalized spacial score (nSPS) is 16.8. The van der Waals surface area contributed by atoms with Crippen molar-refractivity contribution in [2.45, 2.75) is 37.1 Å². The first-order valence-electron chi connectivity index (χ1n) is 10.8. The molecule has 3 N–H and O–H groups in total. The van der Waals surface area contributed by atoms with Gasteiger partial charge in [-0.1, -0.05) is 24.1 Å². The molecular formula is C22H33N5O3S. The fourth-order valence-corrected chi connectivity index (χ4v) is 4.73. The average molecular weight is 448 g/mol. The van der Waals surface area contributed by atoms with E-state index >= 15 is 0 Å². The van der Waals surface area contributed by atoms with Gasteiger partial charge in [-0.3, -0.25) is 9.89 Å². The summed E-state index contributed by atoms with van der Waals surface area (Å²) in [6.07, 6.45) is 5.38. The van der Waals surface area contributed by atoms with E-state index in [9.17, 15) is 8.42 Å². The summed E-state index contributed by atoms with van der Waals surface area (Å²) in [6.45, 7) is 5.36. The molecule has 1 aromatic heterocycles. The zero-order valence-electron chi connectivity index (χ0n) is 18.3. The number of aliphatic imine (C=N–C) groups is 1. The second-order valence-electron chi connectivity index (χ2n) is 7.72. The van der Waals surface area contributed by atoms with Crippen molar-refractivity contribution in [1.29, 1.82) is 0 Å². The zero-order chi connectivity index (χ0) is 22.1. The number of sulfonamides is 1. The number of aryl methyl sites for hydroxylation is 1. The lowest BCUT2D eigenvalue weighted by atomic mass is 10.1. The summed E-state index contributed by atoms with van der Waals surface area (Å²) in [6, 6.07) is 10.9. The third kappa shape index (κ3) is 6.81. The van der Waals surface area contributed by atoms with Crippen molar-refractivity contribution in [3.63, 3.8) is 0 Å². The van der Waals surface area contributed by atoms with Gasteiger partial charge in [0.25, 0.3) is 0 Å². The second kappa shape index (κ2) is 11.3. The Kier molecular flexibility index (Phi) is 8.51. The van der Waals surface area contributed by atoms with Crippen molar-refractivity contribution in [2.75, 3.05) is 39.8 Å². The largest absolute Gasteiger partial charge is 0.468 e. The molecule has 1 aliphatic heterocycles. The predicted molar refractivity (Wildman–Crippen MR) is 123 cm³/mol. The number of hydrogen-bond donors (Lipinski definition) is 3. The third-order valence-corrected chi connectivity index (χ3v) is 6.91. The first kappa shape index (κ1) is 23.3. The SMILES string of the molecule is CN=C(NCCNS(=O)(=O)c1ccc(C)cc1)NCC(c1ccco1)N1CCCCC1. The second-order valence-corrected chi connectivity index (χ2v) is 9.49. The molecule has 0 saturated carbocycles. The highest BCUT2D eigenvalue weighted by atomic mass is 32.2. The molecule has 1 saturated heterocycles. The summed E-state index contributed by atoms with van der Waals surface area (Å²) in [7, 11) is -1.82. The molecule has 1 aliphatic rings. The topological polar surface area (TPSA) is 99.0 Å². The van der Waals surface area contributed by atoms with E-state index in [1.54, 1.807) is 37.6 Å². The van der Waals surface area contributed by atoms with Crippen LogP contribution in [-0.4, -0.2) is 59.0 Å². The number of furan rings is 1. The Morgan fingerprint density at radius 2 is 1.84 bits per heavy atom. The molecule has 0 aliphatic carbocycles. The number of hydrogen-bond acceptors (Lipinski definition) is 5. The molecule has 9 heteroatoms. The quantitative estimate of drug-likeness (QED) is 0.310. The molecule has 1 fully saturated rings. The lowest BCUT2D eigenvalue weighted by Gasteiger charge is -2.33. The molecule has 0 radical (unpaired) electrons. The van der Waals surface area contributed by atoms with Crippen LogP contribution in [0.25, 0.3) is 0 Å². The summed E-state index contributed by atoms with van der Waals surface area (Å²) in [5.74, 6) is 1.57. The number of benzene rings is 1. The lowest BCUT2D eigenvalue weighted by molar-refractivity contribution is 0.146. The third-order valence-electron chi connectivity index (χ3n) is 5.43. The summed E-state index contributed by atoms with van der Waals surface area (Å²) >= 11 is 0. The molecule has 0 spiro atoms. The van der Waals surface area contributed by atoms with Gasteiger partial charge >= 0.3 is 0 Å². The van der Waals surface area contributed by atoms with Crippen molar-refractivity contribution in [3.8, 4) is 0 Å². The zero-order valence-corrected chi connectivity index (χ0v) is 19.1. The van der Waals surface area contributed by atoms with Gasteiger partial charge in [-0.25, -0.2) is 13.1 Å². The molecule has 3 rings (SSSR count). The van der Waals surface area contributed by atoms with Gasteiger partial charge in [0.1, 0.15) is 5.76 Å². The Morgan fingerprint density at radius 3 is 2.48 bits per heavy atom. The summed E-state index contributed by atoms with van der Waals surface area (Å²) in [5, 5.41) is 6.52. The summed E-state index contributed by atoms with van der Waals surface area (Å²) in [5.41, 5.74) is 1.02. The molecule has 1 unspecified atom stereocenters. The van der Waals surface area contributed by atoms with Crippen LogP contribution < -0.4 is 15.4 Å². The van der Waals surface area contributed by atoms with Crippen molar-refractivity contribution in [3.05, 3.63) is 54.0 Å². The molecule has 2 heterocycles. The average Bonchev–Trinajstić information content (AvgIpc) is 3.31. The van der Waals surface area contributed by atoms with E-state index in [0.29, 0.717) is 19.0 Å². The van der Waals surface area contributed by atoms with Crippen LogP contribution in [0.4, 0.5) is 0 Å². The fraction of sp³-hybridized carbons (Fsp3) is 0.500. The highest BCUT2D eigenvalue weighted by molar-refractivity contribution is 7.89. The molecule has 2 aromatic rings. The first-order valence-corrected chi connectivity index (χ1v) is 12.3. The van der Waals surface area contributed by atoms with Gasteiger partial charge in [-0.05, 0) is 57.1 Å². The van der Waals surface area contributed by atoms with Crippen LogP contribution in [0.15, 0.2) is 57.0 Å². The van der Waals surface area contributed by atoms with E-state index in [4.69, 9.17) is 4.42 Å². The van der Waals surface area contributed by atoms with Crippen molar-refractivity contribution in [2.24, 2.45) is 4.99 Å². The molecule has 170 valence electrons. The standard InChI is InChI=1S/C22H33N5O3S/c1-18-8-10-19(11-9-18)31(28,29)26-13-12-24-22(23-2)25-17-20(21-7-6-16-30-21)27-14-4-3-5-15-27/h6-11,16,20,26H,3-5,12-15,17H2,1-2H3,(H2,23,24,25). The van der Waals surface area contributed by atoms with Gasteiger partial charge < -0.3 is 15.1 Å². The van der Waals surface area contributed by atoms with Crippen molar-refractivity contribution < 1.29 is 12.8 Å². The van der Waals surface area contributed by atoms with Gasteiger partial charge in [-0.15, -0.1) is 0 Å². The van der Waals surface area contributed by atoms with E-state index in [1.807, 2.05) is 19.1 Å². The van der Waals surface area contributed by atoms with E-state index in [1.165, 1.54) is 19.3 Å². The Balaban J connectivity index is 1.48. The van der Waals surface area contributed by atoms with E-state index in [0.717, 1.165) is 24.4 Å². The van der Waals surface area contributed by atoms with E-state index in [-0.39, 0.29) is 17.5 Å². The maximum Gasteiger partial charge on any atom is 0.240 e. The van der Waals surface area contributed by atoms with Gasteiger partial charge in [0, 0.05) is 26.7 Å².